The van der Waals surface area contributed by atoms with Crippen LogP contribution in [0.3, 0.4) is 0 Å². The molecule has 0 saturated heterocycles. The maximum atomic E-state index is 13.5. The number of H-pyrrole nitrogens is 1. The normalized spacial score (nSPS) is 11.8. The number of hydrogen-bond acceptors (Lipinski definition) is 3. The first-order valence-electron chi connectivity index (χ1n) is 9.69. The van der Waals surface area contributed by atoms with Gasteiger partial charge in [-0.25, -0.2) is 17.8 Å². The van der Waals surface area contributed by atoms with Crippen LogP contribution in [-0.2, 0) is 23.0 Å². The van der Waals surface area contributed by atoms with Crippen LogP contribution >= 0.6 is 24.0 Å². The average molecular weight is 559 g/mol. The summed E-state index contributed by atoms with van der Waals surface area (Å²) in [5, 5.41) is 7.32. The van der Waals surface area contributed by atoms with E-state index in [9.17, 15) is 12.8 Å². The number of benzene rings is 2. The third kappa shape index (κ3) is 7.39. The van der Waals surface area contributed by atoms with E-state index in [0.29, 0.717) is 37.7 Å². The lowest BCUT2D eigenvalue weighted by molar-refractivity contribution is 0.606. The van der Waals surface area contributed by atoms with E-state index in [0.717, 1.165) is 28.3 Å². The van der Waals surface area contributed by atoms with E-state index in [-0.39, 0.29) is 29.8 Å². The molecule has 0 spiro atoms. The molecule has 3 rings (SSSR count). The van der Waals surface area contributed by atoms with Crippen LogP contribution in [0, 0.1) is 5.82 Å². The highest BCUT2D eigenvalue weighted by atomic mass is 127. The van der Waals surface area contributed by atoms with Gasteiger partial charge >= 0.3 is 0 Å². The lowest BCUT2D eigenvalue weighted by Crippen LogP contribution is -2.38. The SMILES string of the molecule is CCNC(=NCc1ccccc1NS(C)(=O)=O)NCCc1c[nH]c2ccc(F)cc12.I. The maximum absolute atomic E-state index is 13.5. The van der Waals surface area contributed by atoms with E-state index in [2.05, 4.69) is 25.3 Å². The molecular weight excluding hydrogens is 532 g/mol. The third-order valence-electron chi connectivity index (χ3n) is 4.48. The van der Waals surface area contributed by atoms with Gasteiger partial charge in [0.1, 0.15) is 5.82 Å². The monoisotopic (exact) mass is 559 g/mol. The number of nitrogens with one attached hydrogen (secondary N) is 4. The van der Waals surface area contributed by atoms with Crippen LogP contribution in [0.4, 0.5) is 10.1 Å². The molecule has 0 aliphatic rings. The molecule has 0 atom stereocenters. The summed E-state index contributed by atoms with van der Waals surface area (Å²) in [7, 11) is -3.37. The van der Waals surface area contributed by atoms with Gasteiger partial charge in [0.25, 0.3) is 0 Å². The van der Waals surface area contributed by atoms with Crippen molar-refractivity contribution >= 4 is 56.5 Å². The molecule has 1 aromatic heterocycles. The largest absolute Gasteiger partial charge is 0.361 e. The fourth-order valence-corrected chi connectivity index (χ4v) is 3.74. The molecule has 0 aliphatic carbocycles. The van der Waals surface area contributed by atoms with Crippen molar-refractivity contribution in [2.24, 2.45) is 4.99 Å². The Balaban J connectivity index is 0.00000341. The molecule has 0 saturated carbocycles. The zero-order valence-corrected chi connectivity index (χ0v) is 20.6. The van der Waals surface area contributed by atoms with Crippen molar-refractivity contribution in [3.8, 4) is 0 Å². The van der Waals surface area contributed by atoms with E-state index in [1.54, 1.807) is 18.2 Å². The molecule has 0 radical (unpaired) electrons. The summed E-state index contributed by atoms with van der Waals surface area (Å²) in [5.41, 5.74) is 3.21. The number of aromatic nitrogens is 1. The van der Waals surface area contributed by atoms with Crippen molar-refractivity contribution in [3.05, 3.63) is 65.6 Å². The number of aliphatic imine (C=N–C) groups is 1. The number of halogens is 2. The van der Waals surface area contributed by atoms with Gasteiger partial charge in [0.05, 0.1) is 18.5 Å². The van der Waals surface area contributed by atoms with Crippen molar-refractivity contribution < 1.29 is 12.8 Å². The first-order valence-corrected chi connectivity index (χ1v) is 11.6. The standard InChI is InChI=1S/C21H26FN5O2S.HI/c1-3-23-21(26-14-16-6-4-5-7-19(16)27-30(2,28)29)24-11-10-15-13-25-20-9-8-17(22)12-18(15)20;/h4-9,12-13,25,27H,3,10-11,14H2,1-2H3,(H2,23,24,26);1H. The van der Waals surface area contributed by atoms with E-state index < -0.39 is 10.0 Å². The fourth-order valence-electron chi connectivity index (χ4n) is 3.14. The van der Waals surface area contributed by atoms with E-state index >= 15 is 0 Å². The van der Waals surface area contributed by atoms with E-state index in [4.69, 9.17) is 0 Å². The highest BCUT2D eigenvalue weighted by Crippen LogP contribution is 2.20. The minimum Gasteiger partial charge on any atom is -0.361 e. The number of sulfonamides is 1. The molecule has 0 fully saturated rings. The molecule has 168 valence electrons. The summed E-state index contributed by atoms with van der Waals surface area (Å²) in [5.74, 6) is 0.366. The molecule has 0 bridgehead atoms. The predicted octanol–water partition coefficient (Wildman–Crippen LogP) is 3.59. The molecule has 0 unspecified atom stereocenters. The predicted molar refractivity (Wildman–Crippen MR) is 135 cm³/mol. The minimum atomic E-state index is -3.37. The van der Waals surface area contributed by atoms with Crippen LogP contribution in [0.1, 0.15) is 18.1 Å². The molecular formula is C21H27FIN5O2S. The number of hydrogen-bond donors (Lipinski definition) is 4. The Morgan fingerprint density at radius 2 is 1.90 bits per heavy atom. The van der Waals surface area contributed by atoms with Gasteiger partial charge in [-0.2, -0.15) is 0 Å². The van der Waals surface area contributed by atoms with Gasteiger partial charge < -0.3 is 15.6 Å². The average Bonchev–Trinajstić information content (AvgIpc) is 3.08. The van der Waals surface area contributed by atoms with Crippen LogP contribution < -0.4 is 15.4 Å². The van der Waals surface area contributed by atoms with Crippen molar-refractivity contribution in [2.45, 2.75) is 19.9 Å². The Morgan fingerprint density at radius 1 is 1.13 bits per heavy atom. The second-order valence-corrected chi connectivity index (χ2v) is 8.66. The zero-order valence-electron chi connectivity index (χ0n) is 17.4. The molecule has 3 aromatic rings. The quantitative estimate of drug-likeness (QED) is 0.193. The number of anilines is 1. The molecule has 7 nitrogen and oxygen atoms in total. The van der Waals surface area contributed by atoms with Crippen molar-refractivity contribution in [1.29, 1.82) is 0 Å². The Morgan fingerprint density at radius 3 is 2.65 bits per heavy atom. The van der Waals surface area contributed by atoms with Gasteiger partial charge in [-0.15, -0.1) is 24.0 Å². The molecule has 0 aliphatic heterocycles. The number of para-hydroxylation sites is 1. The van der Waals surface area contributed by atoms with Gasteiger partial charge in [0.15, 0.2) is 5.96 Å². The number of rotatable bonds is 8. The van der Waals surface area contributed by atoms with Crippen molar-refractivity contribution in [3.63, 3.8) is 0 Å². The number of aromatic amines is 1. The summed E-state index contributed by atoms with van der Waals surface area (Å²) in [6.45, 7) is 3.58. The summed E-state index contributed by atoms with van der Waals surface area (Å²) in [6, 6.07) is 11.9. The first-order chi connectivity index (χ1) is 14.4. The highest BCUT2D eigenvalue weighted by Gasteiger charge is 2.08. The third-order valence-corrected chi connectivity index (χ3v) is 5.07. The van der Waals surface area contributed by atoms with Gasteiger partial charge in [-0.1, -0.05) is 18.2 Å². The first kappa shape index (κ1) is 24.9. The van der Waals surface area contributed by atoms with Gasteiger partial charge in [-0.3, -0.25) is 4.72 Å². The Labute approximate surface area is 199 Å². The topological polar surface area (TPSA) is 98.4 Å². The number of fused-ring (bicyclic) bond motifs is 1. The molecule has 31 heavy (non-hydrogen) atoms. The summed E-state index contributed by atoms with van der Waals surface area (Å²) < 4.78 is 39.2. The molecule has 10 heteroatoms. The lowest BCUT2D eigenvalue weighted by Gasteiger charge is -2.13. The summed E-state index contributed by atoms with van der Waals surface area (Å²) in [6.07, 6.45) is 3.71. The van der Waals surface area contributed by atoms with Gasteiger partial charge in [0.2, 0.25) is 10.0 Å². The Kier molecular flexibility index (Phi) is 9.11. The van der Waals surface area contributed by atoms with Crippen LogP contribution in [0.2, 0.25) is 0 Å². The Bertz CT molecular complexity index is 1150. The molecule has 0 amide bonds. The number of guanidine groups is 1. The smallest absolute Gasteiger partial charge is 0.229 e. The van der Waals surface area contributed by atoms with Crippen LogP contribution in [-0.4, -0.2) is 38.7 Å². The summed E-state index contributed by atoms with van der Waals surface area (Å²) in [4.78, 5) is 7.72. The molecule has 2 aromatic carbocycles. The Hall–Kier alpha value is -2.34. The zero-order chi connectivity index (χ0) is 21.6. The fraction of sp³-hybridized carbons (Fsp3) is 0.286. The minimum absolute atomic E-state index is 0. The van der Waals surface area contributed by atoms with Crippen LogP contribution in [0.25, 0.3) is 10.9 Å². The second-order valence-electron chi connectivity index (χ2n) is 6.91. The number of nitrogens with zero attached hydrogens (tertiary/aromatic N) is 1. The lowest BCUT2D eigenvalue weighted by atomic mass is 10.1. The van der Waals surface area contributed by atoms with Gasteiger partial charge in [-0.05, 0) is 48.7 Å². The van der Waals surface area contributed by atoms with E-state index in [1.807, 2.05) is 25.3 Å². The maximum Gasteiger partial charge on any atom is 0.229 e. The van der Waals surface area contributed by atoms with Crippen LogP contribution in [0.15, 0.2) is 53.7 Å². The summed E-state index contributed by atoms with van der Waals surface area (Å²) >= 11 is 0. The van der Waals surface area contributed by atoms with Gasteiger partial charge in [0, 0.05) is 30.2 Å². The van der Waals surface area contributed by atoms with Crippen molar-refractivity contribution in [2.75, 3.05) is 24.1 Å². The second kappa shape index (κ2) is 11.3. The van der Waals surface area contributed by atoms with Crippen LogP contribution in [0.5, 0.6) is 0 Å². The van der Waals surface area contributed by atoms with E-state index in [1.165, 1.54) is 12.1 Å². The molecule has 4 N–H and O–H groups in total. The molecule has 1 heterocycles. The highest BCUT2D eigenvalue weighted by molar-refractivity contribution is 14.0. The van der Waals surface area contributed by atoms with Crippen molar-refractivity contribution in [1.82, 2.24) is 15.6 Å².